The minimum atomic E-state index is -0.303. The van der Waals surface area contributed by atoms with Crippen molar-refractivity contribution in [3.05, 3.63) is 75.0 Å². The molecule has 0 spiro atoms. The zero-order valence-electron chi connectivity index (χ0n) is 15.6. The second-order valence-corrected chi connectivity index (χ2v) is 7.45. The number of aryl methyl sites for hydroxylation is 1. The van der Waals surface area contributed by atoms with Gasteiger partial charge in [0.05, 0.1) is 5.52 Å². The van der Waals surface area contributed by atoms with Crippen LogP contribution in [0.4, 0.5) is 0 Å². The van der Waals surface area contributed by atoms with Gasteiger partial charge in [0.25, 0.3) is 5.91 Å². The van der Waals surface area contributed by atoms with Gasteiger partial charge in [0.1, 0.15) is 0 Å². The van der Waals surface area contributed by atoms with Gasteiger partial charge in [-0.05, 0) is 29.8 Å². The zero-order chi connectivity index (χ0) is 19.7. The van der Waals surface area contributed by atoms with E-state index in [1.807, 2.05) is 36.4 Å². The van der Waals surface area contributed by atoms with Gasteiger partial charge in [0, 0.05) is 50.2 Å². The standard InChI is InChI=1S/C21H21ClN4O2/c1-24-18-5-3-2-4-17(18)20(27)19(23-24)21(28)26-12-10-25(11-13-26)14-15-6-8-16(22)9-7-15/h2-9H,10-14H2,1H3. The van der Waals surface area contributed by atoms with Crippen molar-refractivity contribution in [3.8, 4) is 0 Å². The molecule has 1 fully saturated rings. The van der Waals surface area contributed by atoms with Crippen molar-refractivity contribution >= 4 is 28.4 Å². The summed E-state index contributed by atoms with van der Waals surface area (Å²) in [5.74, 6) is -0.294. The van der Waals surface area contributed by atoms with Gasteiger partial charge in [-0.1, -0.05) is 35.9 Å². The number of nitrogens with zero attached hydrogens (tertiary/aromatic N) is 4. The first-order valence-corrected chi connectivity index (χ1v) is 9.63. The van der Waals surface area contributed by atoms with Crippen LogP contribution >= 0.6 is 11.6 Å². The number of para-hydroxylation sites is 1. The minimum Gasteiger partial charge on any atom is -0.335 e. The lowest BCUT2D eigenvalue weighted by Gasteiger charge is -2.34. The Morgan fingerprint density at radius 1 is 1.04 bits per heavy atom. The van der Waals surface area contributed by atoms with Crippen molar-refractivity contribution in [2.24, 2.45) is 7.05 Å². The summed E-state index contributed by atoms with van der Waals surface area (Å²) in [4.78, 5) is 29.7. The molecule has 1 saturated heterocycles. The van der Waals surface area contributed by atoms with Crippen LogP contribution in [0.5, 0.6) is 0 Å². The summed E-state index contributed by atoms with van der Waals surface area (Å²) in [6.45, 7) is 3.47. The molecule has 0 bridgehead atoms. The summed E-state index contributed by atoms with van der Waals surface area (Å²) in [6, 6.07) is 15.0. The third-order valence-corrected chi connectivity index (χ3v) is 5.40. The molecule has 28 heavy (non-hydrogen) atoms. The van der Waals surface area contributed by atoms with E-state index < -0.39 is 0 Å². The van der Waals surface area contributed by atoms with E-state index in [0.29, 0.717) is 18.5 Å². The molecule has 144 valence electrons. The first kappa shape index (κ1) is 18.7. The third-order valence-electron chi connectivity index (χ3n) is 5.14. The summed E-state index contributed by atoms with van der Waals surface area (Å²) in [6.07, 6.45) is 0. The molecule has 1 aromatic heterocycles. The molecule has 0 saturated carbocycles. The van der Waals surface area contributed by atoms with Crippen LogP contribution in [0.3, 0.4) is 0 Å². The number of carbonyl (C=O) groups is 1. The smallest absolute Gasteiger partial charge is 0.278 e. The Kier molecular flexibility index (Phi) is 5.15. The summed E-state index contributed by atoms with van der Waals surface area (Å²) >= 11 is 5.94. The molecule has 1 aliphatic rings. The summed E-state index contributed by atoms with van der Waals surface area (Å²) in [5, 5.41) is 5.50. The monoisotopic (exact) mass is 396 g/mol. The van der Waals surface area contributed by atoms with Gasteiger partial charge < -0.3 is 4.90 Å². The molecule has 1 aliphatic heterocycles. The van der Waals surface area contributed by atoms with E-state index in [-0.39, 0.29) is 17.0 Å². The number of rotatable bonds is 3. The SMILES string of the molecule is Cn1nc(C(=O)N2CCN(Cc3ccc(Cl)cc3)CC2)c(=O)c2ccccc21. The number of hydrogen-bond donors (Lipinski definition) is 0. The number of fused-ring (bicyclic) bond motifs is 1. The maximum atomic E-state index is 12.9. The molecule has 6 nitrogen and oxygen atoms in total. The van der Waals surface area contributed by atoms with Crippen molar-refractivity contribution in [2.45, 2.75) is 6.54 Å². The number of piperazine rings is 1. The van der Waals surface area contributed by atoms with Crippen LogP contribution in [0.15, 0.2) is 53.3 Å². The topological polar surface area (TPSA) is 58.4 Å². The normalized spacial score (nSPS) is 15.1. The quantitative estimate of drug-likeness (QED) is 0.682. The molecule has 0 atom stereocenters. The molecule has 1 amide bonds. The Labute approximate surface area is 167 Å². The summed E-state index contributed by atoms with van der Waals surface area (Å²) < 4.78 is 1.60. The van der Waals surface area contributed by atoms with E-state index in [0.717, 1.165) is 30.2 Å². The molecule has 0 unspecified atom stereocenters. The van der Waals surface area contributed by atoms with E-state index in [9.17, 15) is 9.59 Å². The second-order valence-electron chi connectivity index (χ2n) is 7.01. The number of carbonyl (C=O) groups excluding carboxylic acids is 1. The lowest BCUT2D eigenvalue weighted by Crippen LogP contribution is -2.49. The number of halogens is 1. The van der Waals surface area contributed by atoms with Gasteiger partial charge in [-0.3, -0.25) is 19.2 Å². The van der Waals surface area contributed by atoms with Crippen molar-refractivity contribution < 1.29 is 4.79 Å². The Balaban J connectivity index is 1.47. The molecular formula is C21H21ClN4O2. The lowest BCUT2D eigenvalue weighted by atomic mass is 10.1. The maximum absolute atomic E-state index is 12.9. The number of aromatic nitrogens is 2. The Morgan fingerprint density at radius 3 is 2.43 bits per heavy atom. The van der Waals surface area contributed by atoms with Gasteiger partial charge in [-0.15, -0.1) is 0 Å². The average molecular weight is 397 g/mol. The fraction of sp³-hybridized carbons (Fsp3) is 0.286. The van der Waals surface area contributed by atoms with E-state index in [1.54, 1.807) is 28.8 Å². The van der Waals surface area contributed by atoms with E-state index in [1.165, 1.54) is 5.56 Å². The van der Waals surface area contributed by atoms with Gasteiger partial charge in [0.15, 0.2) is 5.69 Å². The van der Waals surface area contributed by atoms with Crippen molar-refractivity contribution in [2.75, 3.05) is 26.2 Å². The first-order valence-electron chi connectivity index (χ1n) is 9.25. The van der Waals surface area contributed by atoms with Crippen LogP contribution in [0, 0.1) is 0 Å². The average Bonchev–Trinajstić information content (AvgIpc) is 2.72. The Morgan fingerprint density at radius 2 is 1.71 bits per heavy atom. The Bertz CT molecular complexity index is 1070. The van der Waals surface area contributed by atoms with Gasteiger partial charge >= 0.3 is 0 Å². The van der Waals surface area contributed by atoms with Crippen molar-refractivity contribution in [1.82, 2.24) is 19.6 Å². The molecule has 0 aliphatic carbocycles. The molecule has 2 aromatic carbocycles. The van der Waals surface area contributed by atoms with Crippen molar-refractivity contribution in [3.63, 3.8) is 0 Å². The second kappa shape index (κ2) is 7.73. The zero-order valence-corrected chi connectivity index (χ0v) is 16.4. The van der Waals surface area contributed by atoms with Crippen LogP contribution in [-0.4, -0.2) is 51.7 Å². The van der Waals surface area contributed by atoms with Crippen LogP contribution in [0.25, 0.3) is 10.9 Å². The highest BCUT2D eigenvalue weighted by Crippen LogP contribution is 2.14. The molecule has 0 N–H and O–H groups in total. The molecule has 7 heteroatoms. The van der Waals surface area contributed by atoms with Crippen LogP contribution in [-0.2, 0) is 13.6 Å². The van der Waals surface area contributed by atoms with Crippen LogP contribution < -0.4 is 5.43 Å². The summed E-state index contributed by atoms with van der Waals surface area (Å²) in [7, 11) is 1.75. The van der Waals surface area contributed by atoms with E-state index in [2.05, 4.69) is 10.00 Å². The predicted molar refractivity (Wildman–Crippen MR) is 110 cm³/mol. The largest absolute Gasteiger partial charge is 0.335 e. The molecule has 2 heterocycles. The number of benzene rings is 2. The molecule has 3 aromatic rings. The molecular weight excluding hydrogens is 376 g/mol. The first-order chi connectivity index (χ1) is 13.5. The molecule has 0 radical (unpaired) electrons. The molecule has 4 rings (SSSR count). The highest BCUT2D eigenvalue weighted by atomic mass is 35.5. The van der Waals surface area contributed by atoms with Gasteiger partial charge in [-0.2, -0.15) is 5.10 Å². The van der Waals surface area contributed by atoms with E-state index >= 15 is 0 Å². The fourth-order valence-electron chi connectivity index (χ4n) is 3.57. The fourth-order valence-corrected chi connectivity index (χ4v) is 3.70. The van der Waals surface area contributed by atoms with Crippen LogP contribution in [0.2, 0.25) is 5.02 Å². The highest BCUT2D eigenvalue weighted by molar-refractivity contribution is 6.30. The van der Waals surface area contributed by atoms with Gasteiger partial charge in [0.2, 0.25) is 5.43 Å². The van der Waals surface area contributed by atoms with Crippen LogP contribution in [0.1, 0.15) is 16.1 Å². The van der Waals surface area contributed by atoms with E-state index in [4.69, 9.17) is 11.6 Å². The maximum Gasteiger partial charge on any atom is 0.278 e. The highest BCUT2D eigenvalue weighted by Gasteiger charge is 2.26. The minimum absolute atomic E-state index is 0.00708. The van der Waals surface area contributed by atoms with Crippen molar-refractivity contribution in [1.29, 1.82) is 0 Å². The third kappa shape index (κ3) is 3.66. The summed E-state index contributed by atoms with van der Waals surface area (Å²) in [5.41, 5.74) is 1.60. The number of amides is 1. The number of hydrogen-bond acceptors (Lipinski definition) is 4. The predicted octanol–water partition coefficient (Wildman–Crippen LogP) is 2.54. The Hall–Kier alpha value is -2.70. The van der Waals surface area contributed by atoms with Gasteiger partial charge in [-0.25, -0.2) is 0 Å². The lowest BCUT2D eigenvalue weighted by molar-refractivity contribution is 0.0619.